The van der Waals surface area contributed by atoms with Gasteiger partial charge in [0.2, 0.25) is 5.91 Å². The van der Waals surface area contributed by atoms with E-state index >= 15 is 0 Å². The molecule has 1 heterocycles. The summed E-state index contributed by atoms with van der Waals surface area (Å²) in [4.78, 5) is 29.0. The zero-order valence-electron chi connectivity index (χ0n) is 12.6. The van der Waals surface area contributed by atoms with E-state index < -0.39 is 0 Å². The molecule has 0 amide bonds. The Balaban J connectivity index is 1.75. The fraction of sp³-hybridized carbons (Fsp3) is 0.167. The van der Waals surface area contributed by atoms with Gasteiger partial charge in [0.25, 0.3) is 0 Å². The summed E-state index contributed by atoms with van der Waals surface area (Å²) in [5.74, 6) is 0.436. The van der Waals surface area contributed by atoms with E-state index in [1.165, 1.54) is 0 Å². The van der Waals surface area contributed by atoms with Crippen molar-refractivity contribution in [3.63, 3.8) is 0 Å². The first-order chi connectivity index (χ1) is 11.1. The van der Waals surface area contributed by atoms with Crippen molar-refractivity contribution in [3.05, 3.63) is 64.9 Å². The fourth-order valence-electron chi connectivity index (χ4n) is 2.57. The summed E-state index contributed by atoms with van der Waals surface area (Å²) in [6, 6.07) is 14.2. The lowest BCUT2D eigenvalue weighted by molar-refractivity contribution is 0.0866. The van der Waals surface area contributed by atoms with Crippen LogP contribution < -0.4 is 0 Å². The van der Waals surface area contributed by atoms with E-state index in [2.05, 4.69) is 4.98 Å². The van der Waals surface area contributed by atoms with Gasteiger partial charge >= 0.3 is 0 Å². The average Bonchev–Trinajstić information content (AvgIpc) is 2.88. The number of Topliss-reactive ketones (excluding diaryl/α,β-unsaturated/α-hetero) is 1. The van der Waals surface area contributed by atoms with Crippen molar-refractivity contribution in [2.75, 3.05) is 0 Å². The number of nitrogens with zero attached hydrogens (tertiary/aromatic N) is 2. The molecular weight excluding hydrogens is 312 g/mol. The summed E-state index contributed by atoms with van der Waals surface area (Å²) >= 11 is 5.81. The second-order valence-corrected chi connectivity index (χ2v) is 5.74. The second kappa shape index (κ2) is 6.34. The Hall–Kier alpha value is -2.46. The Bertz CT molecular complexity index is 882. The van der Waals surface area contributed by atoms with E-state index in [1.807, 2.05) is 24.3 Å². The third kappa shape index (κ3) is 3.17. The molecule has 0 fully saturated rings. The number of hydrogen-bond donors (Lipinski definition) is 0. The number of carbonyl (C=O) groups is 2. The molecule has 3 rings (SSSR count). The minimum absolute atomic E-state index is 0.0721. The molecule has 0 unspecified atom stereocenters. The normalized spacial score (nSPS) is 10.9. The molecule has 0 saturated heterocycles. The van der Waals surface area contributed by atoms with Crippen molar-refractivity contribution in [1.82, 2.24) is 9.55 Å². The van der Waals surface area contributed by atoms with Crippen molar-refractivity contribution < 1.29 is 9.59 Å². The number of rotatable bonds is 4. The summed E-state index contributed by atoms with van der Waals surface area (Å²) in [6.07, 6.45) is 0.301. The number of para-hydroxylation sites is 2. The van der Waals surface area contributed by atoms with Gasteiger partial charge in [-0.3, -0.25) is 14.2 Å². The van der Waals surface area contributed by atoms with E-state index in [1.54, 1.807) is 35.8 Å². The third-order valence-electron chi connectivity index (χ3n) is 3.71. The van der Waals surface area contributed by atoms with Crippen LogP contribution in [-0.4, -0.2) is 21.2 Å². The summed E-state index contributed by atoms with van der Waals surface area (Å²) in [5.41, 5.74) is 2.12. The molecule has 3 aromatic rings. The second-order valence-electron chi connectivity index (χ2n) is 5.31. The molecule has 116 valence electrons. The van der Waals surface area contributed by atoms with Crippen LogP contribution in [0.3, 0.4) is 0 Å². The van der Waals surface area contributed by atoms with Crippen LogP contribution in [-0.2, 0) is 0 Å². The van der Waals surface area contributed by atoms with Crippen molar-refractivity contribution in [2.24, 2.45) is 0 Å². The van der Waals surface area contributed by atoms with Gasteiger partial charge in [-0.05, 0) is 43.3 Å². The van der Waals surface area contributed by atoms with Crippen molar-refractivity contribution >= 4 is 34.3 Å². The molecule has 0 spiro atoms. The maximum atomic E-state index is 12.5. The van der Waals surface area contributed by atoms with Crippen molar-refractivity contribution in [3.8, 4) is 0 Å². The van der Waals surface area contributed by atoms with Gasteiger partial charge in [0, 0.05) is 23.4 Å². The van der Waals surface area contributed by atoms with Crippen LogP contribution in [0.4, 0.5) is 0 Å². The lowest BCUT2D eigenvalue weighted by Gasteiger charge is -2.05. The van der Waals surface area contributed by atoms with Crippen LogP contribution in [0.15, 0.2) is 48.5 Å². The Morgan fingerprint density at radius 2 is 1.74 bits per heavy atom. The number of ketones is 1. The molecular formula is C18H15ClN2O2. The SMILES string of the molecule is Cc1nc2ccccc2n1C(=O)CCC(=O)c1ccc(Cl)cc1. The van der Waals surface area contributed by atoms with Crippen molar-refractivity contribution in [2.45, 2.75) is 19.8 Å². The van der Waals surface area contributed by atoms with E-state index in [9.17, 15) is 9.59 Å². The van der Waals surface area contributed by atoms with Gasteiger partial charge in [0.05, 0.1) is 11.0 Å². The largest absolute Gasteiger partial charge is 0.294 e. The van der Waals surface area contributed by atoms with Crippen LogP contribution in [0.5, 0.6) is 0 Å². The zero-order chi connectivity index (χ0) is 16.4. The lowest BCUT2D eigenvalue weighted by atomic mass is 10.1. The van der Waals surface area contributed by atoms with Crippen LogP contribution in [0.1, 0.15) is 33.8 Å². The van der Waals surface area contributed by atoms with Crippen LogP contribution in [0.2, 0.25) is 5.02 Å². The summed E-state index contributed by atoms with van der Waals surface area (Å²) in [7, 11) is 0. The molecule has 0 N–H and O–H groups in total. The summed E-state index contributed by atoms with van der Waals surface area (Å²) in [5, 5.41) is 0.582. The number of halogens is 1. The van der Waals surface area contributed by atoms with Crippen LogP contribution in [0, 0.1) is 6.92 Å². The monoisotopic (exact) mass is 326 g/mol. The first-order valence-electron chi connectivity index (χ1n) is 7.32. The molecule has 0 saturated carbocycles. The van der Waals surface area contributed by atoms with Gasteiger partial charge in [-0.25, -0.2) is 4.98 Å². The van der Waals surface area contributed by atoms with E-state index in [-0.39, 0.29) is 24.5 Å². The predicted molar refractivity (Wildman–Crippen MR) is 90.1 cm³/mol. The fourth-order valence-corrected chi connectivity index (χ4v) is 2.70. The molecule has 0 aliphatic carbocycles. The first-order valence-corrected chi connectivity index (χ1v) is 7.70. The molecule has 1 aromatic heterocycles. The lowest BCUT2D eigenvalue weighted by Crippen LogP contribution is -2.14. The maximum absolute atomic E-state index is 12.5. The highest BCUT2D eigenvalue weighted by Crippen LogP contribution is 2.17. The molecule has 0 radical (unpaired) electrons. The Labute approximate surface area is 138 Å². The van der Waals surface area contributed by atoms with Gasteiger partial charge in [0.15, 0.2) is 5.78 Å². The summed E-state index contributed by atoms with van der Waals surface area (Å²) in [6.45, 7) is 1.79. The number of benzene rings is 2. The topological polar surface area (TPSA) is 52.0 Å². The Morgan fingerprint density at radius 3 is 2.48 bits per heavy atom. The van der Waals surface area contributed by atoms with Gasteiger partial charge in [0.1, 0.15) is 5.82 Å². The first kappa shape index (κ1) is 15.4. The molecule has 4 nitrogen and oxygen atoms in total. The molecule has 2 aromatic carbocycles. The van der Waals surface area contributed by atoms with E-state index in [0.717, 1.165) is 11.0 Å². The smallest absolute Gasteiger partial charge is 0.232 e. The molecule has 5 heteroatoms. The maximum Gasteiger partial charge on any atom is 0.232 e. The zero-order valence-corrected chi connectivity index (χ0v) is 13.4. The predicted octanol–water partition coefficient (Wildman–Crippen LogP) is 4.30. The van der Waals surface area contributed by atoms with Gasteiger partial charge in [-0.2, -0.15) is 0 Å². The van der Waals surface area contributed by atoms with Gasteiger partial charge in [-0.15, -0.1) is 0 Å². The number of aryl methyl sites for hydroxylation is 1. The number of carbonyl (C=O) groups excluding carboxylic acids is 2. The van der Waals surface area contributed by atoms with Gasteiger partial charge < -0.3 is 0 Å². The quantitative estimate of drug-likeness (QED) is 0.672. The number of aromatic nitrogens is 2. The van der Waals surface area contributed by atoms with Crippen LogP contribution >= 0.6 is 11.6 Å². The molecule has 23 heavy (non-hydrogen) atoms. The van der Waals surface area contributed by atoms with Gasteiger partial charge in [-0.1, -0.05) is 23.7 Å². The molecule has 0 aliphatic rings. The standard InChI is InChI=1S/C18H15ClN2O2/c1-12-20-15-4-2-3-5-16(15)21(12)18(23)11-10-17(22)13-6-8-14(19)9-7-13/h2-9H,10-11H2,1H3. The van der Waals surface area contributed by atoms with Crippen LogP contribution in [0.25, 0.3) is 11.0 Å². The highest BCUT2D eigenvalue weighted by atomic mass is 35.5. The number of fused-ring (bicyclic) bond motifs is 1. The van der Waals surface area contributed by atoms with Crippen molar-refractivity contribution in [1.29, 1.82) is 0 Å². The number of imidazole rings is 1. The highest BCUT2D eigenvalue weighted by molar-refractivity contribution is 6.30. The Morgan fingerprint density at radius 1 is 1.04 bits per heavy atom. The third-order valence-corrected chi connectivity index (χ3v) is 3.96. The summed E-state index contributed by atoms with van der Waals surface area (Å²) < 4.78 is 1.57. The highest BCUT2D eigenvalue weighted by Gasteiger charge is 2.15. The average molecular weight is 327 g/mol. The molecule has 0 atom stereocenters. The Kier molecular flexibility index (Phi) is 4.26. The minimum Gasteiger partial charge on any atom is -0.294 e. The minimum atomic E-state index is -0.126. The molecule has 0 bridgehead atoms. The molecule has 0 aliphatic heterocycles. The van der Waals surface area contributed by atoms with E-state index in [0.29, 0.717) is 16.4 Å². The van der Waals surface area contributed by atoms with E-state index in [4.69, 9.17) is 11.6 Å². The number of hydrogen-bond acceptors (Lipinski definition) is 3.